The molecule has 0 fully saturated rings. The molecule has 0 aliphatic rings. The maximum absolute atomic E-state index is 12.4. The van der Waals surface area contributed by atoms with E-state index in [1.165, 1.54) is 31.4 Å². The molecule has 0 unspecified atom stereocenters. The summed E-state index contributed by atoms with van der Waals surface area (Å²) in [5.74, 6) is -0.724. The molecular formula is C16H16O5S. The molecule has 5 nitrogen and oxygen atoms in total. The monoisotopic (exact) mass is 320 g/mol. The maximum Gasteiger partial charge on any atom is 0.341 e. The molecule has 0 radical (unpaired) electrons. The highest BCUT2D eigenvalue weighted by atomic mass is 32.2. The third kappa shape index (κ3) is 3.28. The van der Waals surface area contributed by atoms with Crippen molar-refractivity contribution in [3.63, 3.8) is 0 Å². The zero-order valence-corrected chi connectivity index (χ0v) is 13.3. The summed E-state index contributed by atoms with van der Waals surface area (Å²) in [6.45, 7) is 3.70. The van der Waals surface area contributed by atoms with E-state index in [9.17, 15) is 13.2 Å². The number of hydrogen-bond acceptors (Lipinski definition) is 5. The van der Waals surface area contributed by atoms with Crippen molar-refractivity contribution >= 4 is 16.1 Å². The molecule has 6 heteroatoms. The highest BCUT2D eigenvalue weighted by Crippen LogP contribution is 2.24. The van der Waals surface area contributed by atoms with Crippen LogP contribution in [0.3, 0.4) is 0 Å². The Morgan fingerprint density at radius 1 is 1.00 bits per heavy atom. The summed E-state index contributed by atoms with van der Waals surface area (Å²) in [5.41, 5.74) is 1.87. The van der Waals surface area contributed by atoms with Gasteiger partial charge < -0.3 is 8.92 Å². The van der Waals surface area contributed by atoms with Crippen molar-refractivity contribution in [2.75, 3.05) is 7.11 Å². The van der Waals surface area contributed by atoms with Gasteiger partial charge in [0.15, 0.2) is 5.75 Å². The normalized spacial score (nSPS) is 11.0. The van der Waals surface area contributed by atoms with Crippen LogP contribution in [0.5, 0.6) is 5.75 Å². The molecule has 0 atom stereocenters. The summed E-state index contributed by atoms with van der Waals surface area (Å²) in [6.07, 6.45) is 0. The highest BCUT2D eigenvalue weighted by Gasteiger charge is 2.21. The first-order valence-electron chi connectivity index (χ1n) is 6.54. The number of hydrogen-bond donors (Lipinski definition) is 0. The fourth-order valence-corrected chi connectivity index (χ4v) is 2.89. The minimum Gasteiger partial charge on any atom is -0.465 e. The first-order valence-corrected chi connectivity index (χ1v) is 7.95. The lowest BCUT2D eigenvalue weighted by molar-refractivity contribution is 0.0599. The molecular weight excluding hydrogens is 304 g/mol. The minimum atomic E-state index is -4.02. The average Bonchev–Trinajstić information content (AvgIpc) is 2.49. The number of para-hydroxylation sites is 1. The Morgan fingerprint density at radius 3 is 2.32 bits per heavy atom. The van der Waals surface area contributed by atoms with E-state index in [2.05, 4.69) is 4.74 Å². The Bertz CT molecular complexity index is 809. The summed E-state index contributed by atoms with van der Waals surface area (Å²) in [5, 5.41) is 0. The average molecular weight is 320 g/mol. The molecule has 0 aromatic heterocycles. The molecule has 0 bridgehead atoms. The summed E-state index contributed by atoms with van der Waals surface area (Å²) in [6, 6.07) is 10.7. The number of aryl methyl sites for hydroxylation is 2. The fourth-order valence-electron chi connectivity index (χ4n) is 1.85. The van der Waals surface area contributed by atoms with Gasteiger partial charge >= 0.3 is 16.1 Å². The van der Waals surface area contributed by atoms with Gasteiger partial charge in [0.1, 0.15) is 10.5 Å². The minimum absolute atomic E-state index is 0.0373. The van der Waals surface area contributed by atoms with Gasteiger partial charge in [0.25, 0.3) is 0 Å². The second-order valence-corrected chi connectivity index (χ2v) is 6.32. The SMILES string of the molecule is COC(=O)c1ccccc1OS(=O)(=O)c1ccc(C)c(C)c1. The van der Waals surface area contributed by atoms with E-state index in [0.717, 1.165) is 11.1 Å². The first-order chi connectivity index (χ1) is 10.3. The lowest BCUT2D eigenvalue weighted by Crippen LogP contribution is -2.13. The lowest BCUT2D eigenvalue weighted by atomic mass is 10.1. The molecule has 0 amide bonds. The van der Waals surface area contributed by atoms with Crippen LogP contribution in [0.2, 0.25) is 0 Å². The largest absolute Gasteiger partial charge is 0.465 e. The van der Waals surface area contributed by atoms with Gasteiger partial charge in [-0.25, -0.2) is 4.79 Å². The zero-order valence-electron chi connectivity index (χ0n) is 12.5. The number of rotatable bonds is 4. The van der Waals surface area contributed by atoms with E-state index in [1.54, 1.807) is 18.2 Å². The number of benzene rings is 2. The van der Waals surface area contributed by atoms with Gasteiger partial charge in [0.2, 0.25) is 0 Å². The standard InChI is InChI=1S/C16H16O5S/c1-11-8-9-13(10-12(11)2)22(18,19)21-15-7-5-4-6-14(15)16(17)20-3/h4-10H,1-3H3. The van der Waals surface area contributed by atoms with Crippen molar-refractivity contribution in [3.05, 3.63) is 59.2 Å². The summed E-state index contributed by atoms with van der Waals surface area (Å²) < 4.78 is 34.4. The second-order valence-electron chi connectivity index (χ2n) is 4.77. The third-order valence-corrected chi connectivity index (χ3v) is 4.49. The van der Waals surface area contributed by atoms with Crippen LogP contribution in [0.15, 0.2) is 47.4 Å². The molecule has 0 saturated heterocycles. The lowest BCUT2D eigenvalue weighted by Gasteiger charge is -2.11. The van der Waals surface area contributed by atoms with Crippen LogP contribution in [-0.2, 0) is 14.9 Å². The number of methoxy groups -OCH3 is 1. The Balaban J connectivity index is 2.41. The van der Waals surface area contributed by atoms with Crippen molar-refractivity contribution in [2.24, 2.45) is 0 Å². The smallest absolute Gasteiger partial charge is 0.341 e. The van der Waals surface area contributed by atoms with Crippen molar-refractivity contribution in [3.8, 4) is 5.75 Å². The topological polar surface area (TPSA) is 69.7 Å². The van der Waals surface area contributed by atoms with E-state index in [1.807, 2.05) is 13.8 Å². The van der Waals surface area contributed by atoms with Gasteiger partial charge in [0.05, 0.1) is 7.11 Å². The first kappa shape index (κ1) is 16.0. The molecule has 2 aromatic rings. The van der Waals surface area contributed by atoms with Gasteiger partial charge in [-0.15, -0.1) is 0 Å². The number of carbonyl (C=O) groups is 1. The summed E-state index contributed by atoms with van der Waals surface area (Å²) >= 11 is 0. The highest BCUT2D eigenvalue weighted by molar-refractivity contribution is 7.87. The van der Waals surface area contributed by atoms with Crippen LogP contribution in [0.4, 0.5) is 0 Å². The molecule has 0 aliphatic heterocycles. The molecule has 0 aliphatic carbocycles. The second kappa shape index (κ2) is 6.19. The van der Waals surface area contributed by atoms with E-state index in [0.29, 0.717) is 0 Å². The van der Waals surface area contributed by atoms with Crippen LogP contribution in [0, 0.1) is 13.8 Å². The van der Waals surface area contributed by atoms with Crippen molar-refractivity contribution in [2.45, 2.75) is 18.7 Å². The molecule has 2 rings (SSSR count). The molecule has 0 N–H and O–H groups in total. The van der Waals surface area contributed by atoms with Crippen LogP contribution in [0.1, 0.15) is 21.5 Å². The van der Waals surface area contributed by atoms with Gasteiger partial charge in [0, 0.05) is 0 Å². The molecule has 2 aromatic carbocycles. The van der Waals surface area contributed by atoms with Gasteiger partial charge in [-0.3, -0.25) is 0 Å². The summed E-state index contributed by atoms with van der Waals surface area (Å²) in [4.78, 5) is 11.7. The Kier molecular flexibility index (Phi) is 4.51. The van der Waals surface area contributed by atoms with Crippen LogP contribution in [-0.4, -0.2) is 21.5 Å². The van der Waals surface area contributed by atoms with E-state index in [-0.39, 0.29) is 16.2 Å². The number of ether oxygens (including phenoxy) is 1. The van der Waals surface area contributed by atoms with Gasteiger partial charge in [-0.05, 0) is 49.2 Å². The fraction of sp³-hybridized carbons (Fsp3) is 0.188. The predicted octanol–water partition coefficient (Wildman–Crippen LogP) is 2.86. The molecule has 116 valence electrons. The van der Waals surface area contributed by atoms with E-state index in [4.69, 9.17) is 4.18 Å². The van der Waals surface area contributed by atoms with E-state index >= 15 is 0 Å². The molecule has 0 saturated carbocycles. The Morgan fingerprint density at radius 2 is 1.68 bits per heavy atom. The van der Waals surface area contributed by atoms with Crippen LogP contribution in [0.25, 0.3) is 0 Å². The van der Waals surface area contributed by atoms with Crippen LogP contribution >= 0.6 is 0 Å². The third-order valence-electron chi connectivity index (χ3n) is 3.26. The Hall–Kier alpha value is -2.34. The van der Waals surface area contributed by atoms with Crippen LogP contribution < -0.4 is 4.18 Å². The number of carbonyl (C=O) groups excluding carboxylic acids is 1. The molecule has 22 heavy (non-hydrogen) atoms. The van der Waals surface area contributed by atoms with Crippen molar-refractivity contribution < 1.29 is 22.1 Å². The van der Waals surface area contributed by atoms with Crippen molar-refractivity contribution in [1.82, 2.24) is 0 Å². The van der Waals surface area contributed by atoms with E-state index < -0.39 is 16.1 Å². The Labute approximate surface area is 129 Å². The molecule has 0 spiro atoms. The summed E-state index contributed by atoms with van der Waals surface area (Å²) in [7, 11) is -2.81. The predicted molar refractivity (Wildman–Crippen MR) is 81.5 cm³/mol. The van der Waals surface area contributed by atoms with Crippen molar-refractivity contribution in [1.29, 1.82) is 0 Å². The van der Waals surface area contributed by atoms with Gasteiger partial charge in [-0.1, -0.05) is 18.2 Å². The maximum atomic E-state index is 12.4. The zero-order chi connectivity index (χ0) is 16.3. The quantitative estimate of drug-likeness (QED) is 0.640. The number of esters is 1. The molecule has 0 heterocycles. The van der Waals surface area contributed by atoms with Gasteiger partial charge in [-0.2, -0.15) is 8.42 Å².